The van der Waals surface area contributed by atoms with Crippen molar-refractivity contribution in [3.8, 4) is 0 Å². The standard InChI is InChI=1S/C13H14N2O/c1-2-12-11(14-5-1)7-13(16-12)9-6-8-3-4-10(9)15-8/h1-2,5,7-10,15H,3-4,6H2. The maximum atomic E-state index is 5.90. The lowest BCUT2D eigenvalue weighted by molar-refractivity contribution is 0.422. The highest BCUT2D eigenvalue weighted by molar-refractivity contribution is 5.72. The lowest BCUT2D eigenvalue weighted by Gasteiger charge is -2.17. The van der Waals surface area contributed by atoms with Gasteiger partial charge in [-0.15, -0.1) is 0 Å². The van der Waals surface area contributed by atoms with Crippen LogP contribution in [0.2, 0.25) is 0 Å². The van der Waals surface area contributed by atoms with E-state index >= 15 is 0 Å². The third-order valence-corrected chi connectivity index (χ3v) is 3.97. The zero-order chi connectivity index (χ0) is 10.5. The fourth-order valence-electron chi connectivity index (χ4n) is 3.21. The lowest BCUT2D eigenvalue weighted by atomic mass is 9.87. The van der Waals surface area contributed by atoms with Gasteiger partial charge in [0, 0.05) is 30.3 Å². The van der Waals surface area contributed by atoms with E-state index in [0.717, 1.165) is 22.9 Å². The van der Waals surface area contributed by atoms with Crippen LogP contribution in [0.15, 0.2) is 28.8 Å². The summed E-state index contributed by atoms with van der Waals surface area (Å²) in [4.78, 5) is 4.32. The van der Waals surface area contributed by atoms with Crippen molar-refractivity contribution < 1.29 is 4.42 Å². The van der Waals surface area contributed by atoms with Gasteiger partial charge in [0.25, 0.3) is 0 Å². The summed E-state index contributed by atoms with van der Waals surface area (Å²) >= 11 is 0. The first kappa shape index (κ1) is 8.76. The first-order valence-electron chi connectivity index (χ1n) is 6.01. The number of nitrogens with one attached hydrogen (secondary N) is 1. The molecule has 0 aromatic carbocycles. The van der Waals surface area contributed by atoms with E-state index in [-0.39, 0.29) is 0 Å². The van der Waals surface area contributed by atoms with Gasteiger partial charge in [0.15, 0.2) is 5.58 Å². The third-order valence-electron chi connectivity index (χ3n) is 3.97. The summed E-state index contributed by atoms with van der Waals surface area (Å²) in [5.74, 6) is 1.68. The van der Waals surface area contributed by atoms with Gasteiger partial charge in [-0.3, -0.25) is 4.98 Å². The van der Waals surface area contributed by atoms with Gasteiger partial charge in [0.2, 0.25) is 0 Å². The van der Waals surface area contributed by atoms with Gasteiger partial charge >= 0.3 is 0 Å². The lowest BCUT2D eigenvalue weighted by Crippen LogP contribution is -2.21. The van der Waals surface area contributed by atoms with Crippen molar-refractivity contribution >= 4 is 11.1 Å². The zero-order valence-corrected chi connectivity index (χ0v) is 9.02. The van der Waals surface area contributed by atoms with Gasteiger partial charge in [-0.05, 0) is 31.4 Å². The van der Waals surface area contributed by atoms with Crippen molar-refractivity contribution in [3.05, 3.63) is 30.2 Å². The first-order valence-corrected chi connectivity index (χ1v) is 6.01. The monoisotopic (exact) mass is 214 g/mol. The minimum Gasteiger partial charge on any atom is -0.459 e. The van der Waals surface area contributed by atoms with Crippen LogP contribution >= 0.6 is 0 Å². The molecule has 2 bridgehead atoms. The predicted molar refractivity (Wildman–Crippen MR) is 61.3 cm³/mol. The highest BCUT2D eigenvalue weighted by Gasteiger charge is 2.41. The van der Waals surface area contributed by atoms with Crippen molar-refractivity contribution in [2.24, 2.45) is 0 Å². The Morgan fingerprint density at radius 3 is 3.12 bits per heavy atom. The maximum Gasteiger partial charge on any atom is 0.152 e. The van der Waals surface area contributed by atoms with Crippen LogP contribution in [0.4, 0.5) is 0 Å². The molecule has 0 radical (unpaired) electrons. The highest BCUT2D eigenvalue weighted by atomic mass is 16.3. The molecule has 82 valence electrons. The summed E-state index contributed by atoms with van der Waals surface area (Å²) in [6.45, 7) is 0. The molecule has 2 saturated heterocycles. The normalized spacial score (nSPS) is 32.6. The van der Waals surface area contributed by atoms with E-state index in [1.165, 1.54) is 19.3 Å². The van der Waals surface area contributed by atoms with Crippen molar-refractivity contribution in [2.45, 2.75) is 37.3 Å². The summed E-state index contributed by atoms with van der Waals surface area (Å²) in [5.41, 5.74) is 1.90. The average molecular weight is 214 g/mol. The Bertz CT molecular complexity index is 500. The molecule has 0 amide bonds. The molecule has 3 heteroatoms. The summed E-state index contributed by atoms with van der Waals surface area (Å²) < 4.78 is 5.90. The molecular formula is C13H14N2O. The molecule has 2 aromatic rings. The summed E-state index contributed by atoms with van der Waals surface area (Å²) in [5, 5.41) is 3.64. The van der Waals surface area contributed by atoms with Crippen LogP contribution in [0.1, 0.15) is 30.9 Å². The van der Waals surface area contributed by atoms with Gasteiger partial charge in [-0.25, -0.2) is 0 Å². The topological polar surface area (TPSA) is 38.1 Å². The van der Waals surface area contributed by atoms with Crippen molar-refractivity contribution in [1.29, 1.82) is 0 Å². The Kier molecular flexibility index (Phi) is 1.68. The van der Waals surface area contributed by atoms with E-state index in [1.54, 1.807) is 0 Å². The molecule has 2 aliphatic rings. The Morgan fingerprint density at radius 2 is 2.38 bits per heavy atom. The summed E-state index contributed by atoms with van der Waals surface area (Å²) in [7, 11) is 0. The van der Waals surface area contributed by atoms with E-state index < -0.39 is 0 Å². The van der Waals surface area contributed by atoms with E-state index in [0.29, 0.717) is 12.0 Å². The van der Waals surface area contributed by atoms with Crippen LogP contribution in [0, 0.1) is 0 Å². The van der Waals surface area contributed by atoms with E-state index in [2.05, 4.69) is 16.4 Å². The van der Waals surface area contributed by atoms with Gasteiger partial charge in [0.1, 0.15) is 11.3 Å². The van der Waals surface area contributed by atoms with E-state index in [9.17, 15) is 0 Å². The number of rotatable bonds is 1. The number of fused-ring (bicyclic) bond motifs is 3. The molecule has 0 aliphatic carbocycles. The fourth-order valence-corrected chi connectivity index (χ4v) is 3.21. The van der Waals surface area contributed by atoms with Crippen molar-refractivity contribution in [3.63, 3.8) is 0 Å². The first-order chi connectivity index (χ1) is 7.90. The largest absolute Gasteiger partial charge is 0.459 e. The van der Waals surface area contributed by atoms with Crippen LogP contribution in [-0.4, -0.2) is 17.1 Å². The molecule has 0 saturated carbocycles. The van der Waals surface area contributed by atoms with Gasteiger partial charge < -0.3 is 9.73 Å². The average Bonchev–Trinajstić information content (AvgIpc) is 3.02. The number of pyridine rings is 1. The fraction of sp³-hybridized carbons (Fsp3) is 0.462. The number of furan rings is 1. The SMILES string of the molecule is c1cnc2cc(C3CC4CCC3N4)oc2c1. The zero-order valence-electron chi connectivity index (χ0n) is 9.02. The molecule has 16 heavy (non-hydrogen) atoms. The highest BCUT2D eigenvalue weighted by Crippen LogP contribution is 2.41. The van der Waals surface area contributed by atoms with Gasteiger partial charge in [0.05, 0.1) is 0 Å². The second kappa shape index (κ2) is 3.08. The molecule has 3 atom stereocenters. The molecule has 2 fully saturated rings. The molecule has 3 nitrogen and oxygen atoms in total. The quantitative estimate of drug-likeness (QED) is 0.792. The molecule has 2 aromatic heterocycles. The van der Waals surface area contributed by atoms with E-state index in [1.807, 2.05) is 18.3 Å². The number of hydrogen-bond donors (Lipinski definition) is 1. The molecule has 0 spiro atoms. The number of nitrogens with zero attached hydrogens (tertiary/aromatic N) is 1. The molecule has 4 rings (SSSR count). The van der Waals surface area contributed by atoms with Crippen LogP contribution in [0.5, 0.6) is 0 Å². The van der Waals surface area contributed by atoms with Crippen molar-refractivity contribution in [1.82, 2.24) is 10.3 Å². The minimum atomic E-state index is 0.563. The van der Waals surface area contributed by atoms with Crippen LogP contribution < -0.4 is 5.32 Å². The Hall–Kier alpha value is -1.35. The van der Waals surface area contributed by atoms with Crippen LogP contribution in [0.3, 0.4) is 0 Å². The molecule has 2 aliphatic heterocycles. The summed E-state index contributed by atoms with van der Waals surface area (Å²) in [6.07, 6.45) is 5.67. The summed E-state index contributed by atoms with van der Waals surface area (Å²) in [6, 6.07) is 7.38. The molecule has 1 N–H and O–H groups in total. The number of aromatic nitrogens is 1. The predicted octanol–water partition coefficient (Wildman–Crippen LogP) is 2.44. The van der Waals surface area contributed by atoms with Crippen LogP contribution in [0.25, 0.3) is 11.1 Å². The molecular weight excluding hydrogens is 200 g/mol. The number of hydrogen-bond acceptors (Lipinski definition) is 3. The minimum absolute atomic E-state index is 0.563. The second-order valence-electron chi connectivity index (χ2n) is 4.93. The Balaban J connectivity index is 1.76. The Morgan fingerprint density at radius 1 is 1.38 bits per heavy atom. The smallest absolute Gasteiger partial charge is 0.152 e. The van der Waals surface area contributed by atoms with Gasteiger partial charge in [-0.2, -0.15) is 0 Å². The van der Waals surface area contributed by atoms with E-state index in [4.69, 9.17) is 4.42 Å². The molecule has 4 heterocycles. The van der Waals surface area contributed by atoms with Crippen molar-refractivity contribution in [2.75, 3.05) is 0 Å². The third kappa shape index (κ3) is 1.15. The van der Waals surface area contributed by atoms with Gasteiger partial charge in [-0.1, -0.05) is 0 Å². The Labute approximate surface area is 93.9 Å². The second-order valence-corrected chi connectivity index (χ2v) is 4.93. The van der Waals surface area contributed by atoms with Crippen LogP contribution in [-0.2, 0) is 0 Å². The molecule has 3 unspecified atom stereocenters. The maximum absolute atomic E-state index is 5.90.